The molecule has 0 saturated heterocycles. The third-order valence-corrected chi connectivity index (χ3v) is 3.00. The van der Waals surface area contributed by atoms with Gasteiger partial charge in [-0.3, -0.25) is 4.68 Å². The molecule has 90 valence electrons. The first-order valence-electron chi connectivity index (χ1n) is 6.46. The van der Waals surface area contributed by atoms with E-state index in [1.54, 1.807) is 0 Å². The summed E-state index contributed by atoms with van der Waals surface area (Å²) in [6.07, 6.45) is 10.2. The van der Waals surface area contributed by atoms with Crippen molar-refractivity contribution < 1.29 is 0 Å². The van der Waals surface area contributed by atoms with E-state index in [-0.39, 0.29) is 0 Å². The second-order valence-electron chi connectivity index (χ2n) is 4.42. The van der Waals surface area contributed by atoms with Crippen molar-refractivity contribution in [3.63, 3.8) is 0 Å². The van der Waals surface area contributed by atoms with Crippen molar-refractivity contribution in [3.8, 4) is 0 Å². The first-order valence-corrected chi connectivity index (χ1v) is 6.46. The van der Waals surface area contributed by atoms with Crippen molar-refractivity contribution in [3.05, 3.63) is 54.4 Å². The number of benzene rings is 1. The van der Waals surface area contributed by atoms with E-state index in [9.17, 15) is 0 Å². The minimum absolute atomic E-state index is 1.05. The van der Waals surface area contributed by atoms with E-state index in [0.29, 0.717) is 0 Å². The summed E-state index contributed by atoms with van der Waals surface area (Å²) in [5.41, 5.74) is 1.46. The van der Waals surface area contributed by atoms with Crippen molar-refractivity contribution in [2.45, 2.75) is 38.6 Å². The maximum absolute atomic E-state index is 4.20. The zero-order valence-electron chi connectivity index (χ0n) is 10.3. The van der Waals surface area contributed by atoms with E-state index in [4.69, 9.17) is 0 Å². The van der Waals surface area contributed by atoms with Crippen LogP contribution in [0.3, 0.4) is 0 Å². The summed E-state index contributed by atoms with van der Waals surface area (Å²) in [6.45, 7) is 1.05. The summed E-state index contributed by atoms with van der Waals surface area (Å²) >= 11 is 0. The highest BCUT2D eigenvalue weighted by atomic mass is 15.3. The Kier molecular flexibility index (Phi) is 4.83. The van der Waals surface area contributed by atoms with E-state index in [1.165, 1.54) is 37.7 Å². The number of aromatic nitrogens is 2. The molecular weight excluding hydrogens is 208 g/mol. The Labute approximate surface area is 103 Å². The summed E-state index contributed by atoms with van der Waals surface area (Å²) < 4.78 is 2.01. The molecule has 0 radical (unpaired) electrons. The van der Waals surface area contributed by atoms with Crippen LogP contribution in [0.2, 0.25) is 0 Å². The normalized spacial score (nSPS) is 10.6. The fraction of sp³-hybridized carbons (Fsp3) is 0.400. The topological polar surface area (TPSA) is 17.8 Å². The first kappa shape index (κ1) is 11.9. The molecule has 0 amide bonds. The third-order valence-electron chi connectivity index (χ3n) is 3.00. The van der Waals surface area contributed by atoms with Crippen LogP contribution in [0, 0.1) is 0 Å². The molecule has 0 aliphatic rings. The van der Waals surface area contributed by atoms with E-state index >= 15 is 0 Å². The van der Waals surface area contributed by atoms with Crippen LogP contribution in [0.25, 0.3) is 0 Å². The van der Waals surface area contributed by atoms with Crippen LogP contribution >= 0.6 is 0 Å². The van der Waals surface area contributed by atoms with Gasteiger partial charge in [0.05, 0.1) is 0 Å². The Hall–Kier alpha value is -1.57. The lowest BCUT2D eigenvalue weighted by Crippen LogP contribution is -1.97. The van der Waals surface area contributed by atoms with Crippen LogP contribution in [-0.4, -0.2) is 9.78 Å². The number of unbranched alkanes of at least 4 members (excludes halogenated alkanes) is 3. The molecule has 0 fully saturated rings. The van der Waals surface area contributed by atoms with Gasteiger partial charge in [0.25, 0.3) is 0 Å². The van der Waals surface area contributed by atoms with Gasteiger partial charge >= 0.3 is 0 Å². The molecule has 2 nitrogen and oxygen atoms in total. The van der Waals surface area contributed by atoms with Gasteiger partial charge in [0.1, 0.15) is 0 Å². The average molecular weight is 228 g/mol. The molecule has 17 heavy (non-hydrogen) atoms. The van der Waals surface area contributed by atoms with E-state index in [1.807, 2.05) is 23.1 Å². The van der Waals surface area contributed by atoms with Crippen LogP contribution in [0.5, 0.6) is 0 Å². The van der Waals surface area contributed by atoms with Gasteiger partial charge < -0.3 is 0 Å². The quantitative estimate of drug-likeness (QED) is 0.661. The lowest BCUT2D eigenvalue weighted by Gasteiger charge is -2.02. The van der Waals surface area contributed by atoms with E-state index < -0.39 is 0 Å². The lowest BCUT2D eigenvalue weighted by atomic mass is 10.1. The summed E-state index contributed by atoms with van der Waals surface area (Å²) in [5.74, 6) is 0. The van der Waals surface area contributed by atoms with Crippen molar-refractivity contribution in [2.75, 3.05) is 0 Å². The SMILES string of the molecule is c1ccc(CCCCCCn2cccn2)cc1. The standard InChI is InChI=1S/C15H20N2/c1(2-7-13-17-14-8-12-16-17)4-9-15-10-5-3-6-11-15/h3,5-6,8,10-12,14H,1-2,4,7,9,13H2. The lowest BCUT2D eigenvalue weighted by molar-refractivity contribution is 0.535. The van der Waals surface area contributed by atoms with Gasteiger partial charge in [-0.05, 0) is 30.9 Å². The number of hydrogen-bond acceptors (Lipinski definition) is 1. The van der Waals surface area contributed by atoms with Crippen molar-refractivity contribution in [1.82, 2.24) is 9.78 Å². The molecule has 2 aromatic rings. The molecular formula is C15H20N2. The largest absolute Gasteiger partial charge is 0.273 e. The van der Waals surface area contributed by atoms with Crippen LogP contribution in [0.1, 0.15) is 31.2 Å². The molecule has 1 aromatic carbocycles. The highest BCUT2D eigenvalue weighted by Crippen LogP contribution is 2.08. The van der Waals surface area contributed by atoms with Gasteiger partial charge in [-0.25, -0.2) is 0 Å². The number of hydrogen-bond donors (Lipinski definition) is 0. The van der Waals surface area contributed by atoms with Gasteiger partial charge in [-0.2, -0.15) is 5.10 Å². The number of rotatable bonds is 7. The average Bonchev–Trinajstić information content (AvgIpc) is 2.88. The van der Waals surface area contributed by atoms with Gasteiger partial charge in [-0.15, -0.1) is 0 Å². The molecule has 0 aliphatic carbocycles. The molecule has 2 rings (SSSR count). The summed E-state index contributed by atoms with van der Waals surface area (Å²) in [6, 6.07) is 12.7. The predicted molar refractivity (Wildman–Crippen MR) is 70.8 cm³/mol. The van der Waals surface area contributed by atoms with Crippen molar-refractivity contribution >= 4 is 0 Å². The minimum Gasteiger partial charge on any atom is -0.273 e. The van der Waals surface area contributed by atoms with Crippen LogP contribution in [0.15, 0.2) is 48.8 Å². The third kappa shape index (κ3) is 4.43. The zero-order valence-corrected chi connectivity index (χ0v) is 10.3. The van der Waals surface area contributed by atoms with Crippen LogP contribution in [0.4, 0.5) is 0 Å². The van der Waals surface area contributed by atoms with E-state index in [2.05, 4.69) is 35.4 Å². The Morgan fingerprint density at radius 1 is 0.882 bits per heavy atom. The number of aryl methyl sites for hydroxylation is 2. The summed E-state index contributed by atoms with van der Waals surface area (Å²) in [4.78, 5) is 0. The monoisotopic (exact) mass is 228 g/mol. The highest BCUT2D eigenvalue weighted by Gasteiger charge is 1.94. The second-order valence-corrected chi connectivity index (χ2v) is 4.42. The van der Waals surface area contributed by atoms with Crippen LogP contribution < -0.4 is 0 Å². The Morgan fingerprint density at radius 2 is 1.71 bits per heavy atom. The Morgan fingerprint density at radius 3 is 2.47 bits per heavy atom. The number of nitrogens with zero attached hydrogens (tertiary/aromatic N) is 2. The minimum atomic E-state index is 1.05. The molecule has 0 atom stereocenters. The fourth-order valence-corrected chi connectivity index (χ4v) is 2.03. The van der Waals surface area contributed by atoms with Crippen molar-refractivity contribution in [2.24, 2.45) is 0 Å². The second kappa shape index (κ2) is 6.89. The smallest absolute Gasteiger partial charge is 0.0489 e. The molecule has 1 heterocycles. The molecule has 0 saturated carbocycles. The first-order chi connectivity index (χ1) is 8.45. The molecule has 0 spiro atoms. The van der Waals surface area contributed by atoms with Gasteiger partial charge in [0.15, 0.2) is 0 Å². The zero-order chi connectivity index (χ0) is 11.8. The van der Waals surface area contributed by atoms with Gasteiger partial charge in [-0.1, -0.05) is 43.2 Å². The van der Waals surface area contributed by atoms with Gasteiger partial charge in [0, 0.05) is 18.9 Å². The van der Waals surface area contributed by atoms with E-state index in [0.717, 1.165) is 6.54 Å². The van der Waals surface area contributed by atoms with Crippen molar-refractivity contribution in [1.29, 1.82) is 0 Å². The molecule has 0 N–H and O–H groups in total. The molecule has 2 heteroatoms. The Balaban J connectivity index is 1.52. The highest BCUT2D eigenvalue weighted by molar-refractivity contribution is 5.14. The maximum Gasteiger partial charge on any atom is 0.0489 e. The fourth-order valence-electron chi connectivity index (χ4n) is 2.03. The van der Waals surface area contributed by atoms with Crippen LogP contribution in [-0.2, 0) is 13.0 Å². The summed E-state index contributed by atoms with van der Waals surface area (Å²) in [7, 11) is 0. The van der Waals surface area contributed by atoms with Gasteiger partial charge in [0.2, 0.25) is 0 Å². The molecule has 1 aromatic heterocycles. The Bertz CT molecular complexity index is 392. The maximum atomic E-state index is 4.20. The molecule has 0 unspecified atom stereocenters. The molecule has 0 aliphatic heterocycles. The molecule has 0 bridgehead atoms. The predicted octanol–water partition coefficient (Wildman–Crippen LogP) is 3.69. The summed E-state index contributed by atoms with van der Waals surface area (Å²) in [5, 5.41) is 4.20.